The number of ether oxygens (including phenoxy) is 1. The van der Waals surface area contributed by atoms with Crippen LogP contribution in [0.25, 0.3) is 33.7 Å². The van der Waals surface area contributed by atoms with Crippen molar-refractivity contribution in [3.63, 3.8) is 0 Å². The van der Waals surface area contributed by atoms with Crippen LogP contribution >= 0.6 is 0 Å². The highest BCUT2D eigenvalue weighted by atomic mass is 16.5. The van der Waals surface area contributed by atoms with E-state index in [1.807, 2.05) is 91.2 Å². The van der Waals surface area contributed by atoms with E-state index in [-0.39, 0.29) is 11.3 Å². The van der Waals surface area contributed by atoms with Crippen molar-refractivity contribution in [2.45, 2.75) is 27.0 Å². The molecule has 33 heavy (non-hydrogen) atoms. The molecule has 0 aliphatic heterocycles. The van der Waals surface area contributed by atoms with E-state index in [0.717, 1.165) is 34.5 Å². The Bertz CT molecular complexity index is 1470. The average molecular weight is 437 g/mol. The zero-order valence-corrected chi connectivity index (χ0v) is 18.5. The van der Waals surface area contributed by atoms with Crippen molar-refractivity contribution in [3.8, 4) is 28.6 Å². The van der Waals surface area contributed by atoms with Crippen LogP contribution in [0.2, 0.25) is 0 Å². The molecule has 6 heteroatoms. The summed E-state index contributed by atoms with van der Waals surface area (Å²) < 4.78 is 13.4. The van der Waals surface area contributed by atoms with Crippen LogP contribution in [0.4, 0.5) is 0 Å². The van der Waals surface area contributed by atoms with Crippen LogP contribution in [-0.4, -0.2) is 14.7 Å². The number of benzene rings is 3. The van der Waals surface area contributed by atoms with Gasteiger partial charge in [0.1, 0.15) is 17.9 Å². The highest BCUT2D eigenvalue weighted by molar-refractivity contribution is 5.83. The summed E-state index contributed by atoms with van der Waals surface area (Å²) in [6.07, 6.45) is 1.79. The summed E-state index contributed by atoms with van der Waals surface area (Å²) in [4.78, 5) is 17.7. The van der Waals surface area contributed by atoms with E-state index in [4.69, 9.17) is 9.26 Å². The van der Waals surface area contributed by atoms with Crippen LogP contribution in [-0.2, 0) is 13.2 Å². The minimum atomic E-state index is -0.113. The molecule has 2 heterocycles. The van der Waals surface area contributed by atoms with Gasteiger partial charge in [0.25, 0.3) is 5.89 Å². The van der Waals surface area contributed by atoms with Gasteiger partial charge in [-0.05, 0) is 55.8 Å². The first-order chi connectivity index (χ1) is 16.1. The van der Waals surface area contributed by atoms with E-state index < -0.39 is 0 Å². The molecule has 0 bridgehead atoms. The Balaban J connectivity index is 1.42. The Morgan fingerprint density at radius 2 is 1.79 bits per heavy atom. The first kappa shape index (κ1) is 20.7. The summed E-state index contributed by atoms with van der Waals surface area (Å²) in [6.45, 7) is 5.23. The fourth-order valence-electron chi connectivity index (χ4n) is 3.82. The molecule has 0 N–H and O–H groups in total. The van der Waals surface area contributed by atoms with Crippen LogP contribution < -0.4 is 10.2 Å². The maximum atomic E-state index is 13.2. The number of aromatic nitrogens is 3. The summed E-state index contributed by atoms with van der Waals surface area (Å²) in [5.74, 6) is 1.39. The van der Waals surface area contributed by atoms with E-state index in [2.05, 4.69) is 10.1 Å². The second-order valence-corrected chi connectivity index (χ2v) is 7.90. The average Bonchev–Trinajstić information content (AvgIpc) is 3.34. The number of pyridine rings is 1. The summed E-state index contributed by atoms with van der Waals surface area (Å²) in [5.41, 5.74) is 4.09. The third-order valence-corrected chi connectivity index (χ3v) is 5.59. The topological polar surface area (TPSA) is 70.2 Å². The van der Waals surface area contributed by atoms with Crippen molar-refractivity contribution in [1.29, 1.82) is 0 Å². The largest absolute Gasteiger partial charge is 0.489 e. The molecular weight excluding hydrogens is 414 g/mol. The van der Waals surface area contributed by atoms with Crippen LogP contribution in [0.15, 0.2) is 88.3 Å². The maximum absolute atomic E-state index is 13.2. The van der Waals surface area contributed by atoms with Crippen molar-refractivity contribution in [1.82, 2.24) is 14.7 Å². The van der Waals surface area contributed by atoms with Crippen LogP contribution in [0, 0.1) is 6.92 Å². The van der Waals surface area contributed by atoms with Gasteiger partial charge in [-0.15, -0.1) is 0 Å². The summed E-state index contributed by atoms with van der Waals surface area (Å²) in [7, 11) is 0. The van der Waals surface area contributed by atoms with E-state index in [0.29, 0.717) is 23.4 Å². The van der Waals surface area contributed by atoms with Crippen LogP contribution in [0.3, 0.4) is 0 Å². The van der Waals surface area contributed by atoms with E-state index in [1.54, 1.807) is 6.20 Å². The molecule has 0 radical (unpaired) electrons. The van der Waals surface area contributed by atoms with E-state index >= 15 is 0 Å². The van der Waals surface area contributed by atoms with Gasteiger partial charge in [0.2, 0.25) is 11.3 Å². The molecule has 6 nitrogen and oxygen atoms in total. The molecular formula is C27H23N3O3. The Morgan fingerprint density at radius 1 is 1.00 bits per heavy atom. The number of rotatable bonds is 6. The summed E-state index contributed by atoms with van der Waals surface area (Å²) in [6, 6.07) is 23.4. The molecule has 3 aromatic carbocycles. The Hall–Kier alpha value is -4.19. The van der Waals surface area contributed by atoms with Gasteiger partial charge >= 0.3 is 0 Å². The molecule has 0 unspecified atom stereocenters. The van der Waals surface area contributed by atoms with Gasteiger partial charge < -0.3 is 13.8 Å². The minimum Gasteiger partial charge on any atom is -0.489 e. The van der Waals surface area contributed by atoms with Crippen molar-refractivity contribution in [2.24, 2.45) is 0 Å². The van der Waals surface area contributed by atoms with Crippen molar-refractivity contribution >= 4 is 10.9 Å². The molecule has 164 valence electrons. The third kappa shape index (κ3) is 4.15. The second kappa shape index (κ2) is 8.74. The highest BCUT2D eigenvalue weighted by Crippen LogP contribution is 2.25. The maximum Gasteiger partial charge on any atom is 0.263 e. The Kier molecular flexibility index (Phi) is 5.48. The molecule has 0 saturated heterocycles. The minimum absolute atomic E-state index is 0.113. The zero-order valence-electron chi connectivity index (χ0n) is 18.5. The van der Waals surface area contributed by atoms with Gasteiger partial charge in [-0.2, -0.15) is 4.98 Å². The number of nitrogens with zero attached hydrogens (tertiary/aromatic N) is 3. The lowest BCUT2D eigenvalue weighted by molar-refractivity contribution is 0.306. The molecule has 0 aliphatic carbocycles. The van der Waals surface area contributed by atoms with Crippen molar-refractivity contribution < 1.29 is 9.26 Å². The molecule has 0 spiro atoms. The van der Waals surface area contributed by atoms with Crippen molar-refractivity contribution in [3.05, 3.63) is 100 Å². The molecule has 0 saturated carbocycles. The third-order valence-electron chi connectivity index (χ3n) is 5.59. The monoisotopic (exact) mass is 437 g/mol. The van der Waals surface area contributed by atoms with Gasteiger partial charge in [0.15, 0.2) is 0 Å². The molecule has 2 aromatic heterocycles. The number of hydrogen-bond acceptors (Lipinski definition) is 5. The fraction of sp³-hybridized carbons (Fsp3) is 0.148. The Morgan fingerprint density at radius 3 is 2.55 bits per heavy atom. The number of hydrogen-bond donors (Lipinski definition) is 0. The van der Waals surface area contributed by atoms with Crippen LogP contribution in [0.1, 0.15) is 18.1 Å². The molecule has 0 atom stereocenters. The van der Waals surface area contributed by atoms with Gasteiger partial charge in [-0.1, -0.05) is 47.1 Å². The lowest BCUT2D eigenvalue weighted by atomic mass is 10.1. The smallest absolute Gasteiger partial charge is 0.263 e. The predicted molar refractivity (Wildman–Crippen MR) is 128 cm³/mol. The Labute approximate surface area is 191 Å². The van der Waals surface area contributed by atoms with Gasteiger partial charge in [-0.3, -0.25) is 4.79 Å². The molecule has 0 fully saturated rings. The normalized spacial score (nSPS) is 11.1. The number of fused-ring (bicyclic) bond motifs is 1. The zero-order chi connectivity index (χ0) is 22.8. The van der Waals surface area contributed by atoms with E-state index in [9.17, 15) is 4.79 Å². The quantitative estimate of drug-likeness (QED) is 0.345. The van der Waals surface area contributed by atoms with Crippen LogP contribution in [0.5, 0.6) is 5.75 Å². The lowest BCUT2D eigenvalue weighted by Crippen LogP contribution is -2.12. The van der Waals surface area contributed by atoms with Gasteiger partial charge in [0, 0.05) is 23.7 Å². The highest BCUT2D eigenvalue weighted by Gasteiger charge is 2.17. The molecule has 5 aromatic rings. The predicted octanol–water partition coefficient (Wildman–Crippen LogP) is 5.63. The van der Waals surface area contributed by atoms with Gasteiger partial charge in [-0.25, -0.2) is 0 Å². The molecule has 0 amide bonds. The molecule has 0 aliphatic rings. The van der Waals surface area contributed by atoms with Gasteiger partial charge in [0.05, 0.1) is 5.52 Å². The number of aryl methyl sites for hydroxylation is 2. The molecule has 5 rings (SSSR count). The lowest BCUT2D eigenvalue weighted by Gasteiger charge is -2.10. The SMILES string of the molecule is CCn1cc(-c2nc(-c3ccc(OCc4ccccc4)cc3)no2)c(=O)c2cc(C)ccc21. The fourth-order valence-corrected chi connectivity index (χ4v) is 3.82. The standard InChI is InChI=1S/C27H23N3O3/c1-3-30-16-23(25(31)22-15-18(2)9-14-24(22)30)27-28-26(29-33-27)20-10-12-21(13-11-20)32-17-19-7-5-4-6-8-19/h4-16H,3,17H2,1-2H3. The summed E-state index contributed by atoms with van der Waals surface area (Å²) >= 11 is 0. The van der Waals surface area contributed by atoms with E-state index in [1.165, 1.54) is 0 Å². The first-order valence-corrected chi connectivity index (χ1v) is 10.9. The summed E-state index contributed by atoms with van der Waals surface area (Å²) in [5, 5.41) is 4.75. The second-order valence-electron chi connectivity index (χ2n) is 7.90. The van der Waals surface area contributed by atoms with Crippen molar-refractivity contribution in [2.75, 3.05) is 0 Å². The first-order valence-electron chi connectivity index (χ1n) is 10.9.